The standard InChI is InChI=1S/C30H31N9S2/c1-20-19-24(32-35-27-14-15-28(40-27)39-16-6-7-17-39)11-12-25(20)33-31-23-10-13-26(21(2)18-23)34-37-30-38-36-29(41-30)22-8-4-3-5-9-22/h3-5,8-15,18-19,31-33,35H,6-7,16-17H2,1-2H3. The number of benzene rings is 3. The molecule has 1 saturated heterocycles. The third-order valence-electron chi connectivity index (χ3n) is 6.78. The van der Waals surface area contributed by atoms with Gasteiger partial charge in [0.25, 0.3) is 5.13 Å². The van der Waals surface area contributed by atoms with Gasteiger partial charge in [-0.25, -0.2) is 0 Å². The summed E-state index contributed by atoms with van der Waals surface area (Å²) in [6.45, 7) is 6.41. The van der Waals surface area contributed by atoms with E-state index >= 15 is 0 Å². The van der Waals surface area contributed by atoms with Crippen LogP contribution in [0.25, 0.3) is 10.6 Å². The Bertz CT molecular complexity index is 1640. The van der Waals surface area contributed by atoms with E-state index in [9.17, 15) is 0 Å². The molecule has 0 saturated carbocycles. The third-order valence-corrected chi connectivity index (χ3v) is 8.70. The predicted molar refractivity (Wildman–Crippen MR) is 172 cm³/mol. The number of azo groups is 1. The van der Waals surface area contributed by atoms with Crippen molar-refractivity contribution in [2.24, 2.45) is 10.2 Å². The normalized spacial score (nSPS) is 13.1. The van der Waals surface area contributed by atoms with Gasteiger partial charge in [0.15, 0.2) is 0 Å². The largest absolute Gasteiger partial charge is 0.363 e. The minimum atomic E-state index is 0.526. The van der Waals surface area contributed by atoms with Crippen LogP contribution >= 0.6 is 22.7 Å². The zero-order valence-corrected chi connectivity index (χ0v) is 24.5. The summed E-state index contributed by atoms with van der Waals surface area (Å²) in [5, 5.41) is 20.9. The summed E-state index contributed by atoms with van der Waals surface area (Å²) >= 11 is 3.19. The van der Waals surface area contributed by atoms with Crippen molar-refractivity contribution in [1.82, 2.24) is 10.2 Å². The smallest absolute Gasteiger partial charge is 0.252 e. The van der Waals surface area contributed by atoms with E-state index in [1.807, 2.05) is 61.5 Å². The highest BCUT2D eigenvalue weighted by atomic mass is 32.1. The zero-order valence-electron chi connectivity index (χ0n) is 22.9. The molecule has 9 nitrogen and oxygen atoms in total. The number of thiophene rings is 1. The minimum absolute atomic E-state index is 0.526. The van der Waals surface area contributed by atoms with Crippen molar-refractivity contribution in [2.75, 3.05) is 39.7 Å². The van der Waals surface area contributed by atoms with Crippen LogP contribution in [0.1, 0.15) is 24.0 Å². The maximum absolute atomic E-state index is 4.40. The molecule has 41 heavy (non-hydrogen) atoms. The van der Waals surface area contributed by atoms with Gasteiger partial charge < -0.3 is 21.2 Å². The van der Waals surface area contributed by atoms with E-state index in [1.54, 1.807) is 11.3 Å². The highest BCUT2D eigenvalue weighted by Crippen LogP contribution is 2.33. The summed E-state index contributed by atoms with van der Waals surface area (Å²) in [5.41, 5.74) is 20.1. The molecule has 2 aromatic heterocycles. The molecule has 3 heterocycles. The van der Waals surface area contributed by atoms with Gasteiger partial charge in [-0.3, -0.25) is 5.43 Å². The molecule has 0 aliphatic carbocycles. The van der Waals surface area contributed by atoms with E-state index in [2.05, 4.69) is 78.2 Å². The molecule has 11 heteroatoms. The second kappa shape index (κ2) is 12.4. The number of rotatable bonds is 10. The first kappa shape index (κ1) is 26.7. The highest BCUT2D eigenvalue weighted by molar-refractivity contribution is 7.20. The van der Waals surface area contributed by atoms with Crippen molar-refractivity contribution in [2.45, 2.75) is 26.7 Å². The van der Waals surface area contributed by atoms with E-state index < -0.39 is 0 Å². The minimum Gasteiger partial charge on any atom is -0.363 e. The van der Waals surface area contributed by atoms with Crippen LogP contribution in [0, 0.1) is 13.8 Å². The summed E-state index contributed by atoms with van der Waals surface area (Å²) in [7, 11) is 0. The van der Waals surface area contributed by atoms with Gasteiger partial charge in [0.05, 0.1) is 27.8 Å². The van der Waals surface area contributed by atoms with Gasteiger partial charge in [0, 0.05) is 18.7 Å². The molecule has 0 radical (unpaired) electrons. The van der Waals surface area contributed by atoms with Gasteiger partial charge in [0.2, 0.25) is 0 Å². The number of anilines is 5. The maximum Gasteiger partial charge on any atom is 0.252 e. The third kappa shape index (κ3) is 6.64. The Morgan fingerprint density at radius 1 is 0.707 bits per heavy atom. The lowest BCUT2D eigenvalue weighted by molar-refractivity contribution is 0.949. The maximum atomic E-state index is 4.40. The second-order valence-electron chi connectivity index (χ2n) is 9.82. The van der Waals surface area contributed by atoms with E-state index in [4.69, 9.17) is 0 Å². The number of hydrazine groups is 2. The SMILES string of the molecule is Cc1cc(NNc2ccc(NNc3ccc(N4CCCC4)s3)cc2C)ccc1N=Nc1nnc(-c2ccccc2)s1. The number of nitrogens with zero attached hydrogens (tertiary/aromatic N) is 5. The van der Waals surface area contributed by atoms with E-state index in [1.165, 1.54) is 29.2 Å². The first-order valence-electron chi connectivity index (χ1n) is 13.5. The highest BCUT2D eigenvalue weighted by Gasteiger charge is 2.14. The van der Waals surface area contributed by atoms with Crippen molar-refractivity contribution in [1.29, 1.82) is 0 Å². The van der Waals surface area contributed by atoms with Crippen LogP contribution in [0.4, 0.5) is 37.9 Å². The van der Waals surface area contributed by atoms with Gasteiger partial charge in [-0.1, -0.05) is 53.0 Å². The summed E-state index contributed by atoms with van der Waals surface area (Å²) in [6, 6.07) is 26.4. The van der Waals surface area contributed by atoms with Crippen molar-refractivity contribution in [3.05, 3.63) is 90.0 Å². The van der Waals surface area contributed by atoms with Crippen LogP contribution in [0.2, 0.25) is 0 Å². The van der Waals surface area contributed by atoms with Gasteiger partial charge in [-0.05, 0) is 86.3 Å². The van der Waals surface area contributed by atoms with Gasteiger partial charge in [-0.2, -0.15) is 0 Å². The molecule has 0 amide bonds. The summed E-state index contributed by atoms with van der Waals surface area (Å²) in [6.07, 6.45) is 2.57. The fraction of sp³-hybridized carbons (Fsp3) is 0.200. The Morgan fingerprint density at radius 3 is 2.24 bits per heavy atom. The van der Waals surface area contributed by atoms with Crippen LogP contribution in [-0.2, 0) is 0 Å². The van der Waals surface area contributed by atoms with E-state index in [0.717, 1.165) is 62.5 Å². The predicted octanol–water partition coefficient (Wildman–Crippen LogP) is 8.78. The van der Waals surface area contributed by atoms with Gasteiger partial charge >= 0.3 is 0 Å². The first-order valence-corrected chi connectivity index (χ1v) is 15.1. The molecule has 0 unspecified atom stereocenters. The molecular weight excluding hydrogens is 551 g/mol. The molecule has 4 N–H and O–H groups in total. The second-order valence-corrected chi connectivity index (χ2v) is 11.8. The molecule has 3 aromatic carbocycles. The Kier molecular flexibility index (Phi) is 8.06. The zero-order chi connectivity index (χ0) is 28.0. The topological polar surface area (TPSA) is 102 Å². The van der Waals surface area contributed by atoms with Crippen LogP contribution in [0.5, 0.6) is 0 Å². The first-order chi connectivity index (χ1) is 20.1. The molecule has 1 aliphatic rings. The Balaban J connectivity index is 1.02. The summed E-state index contributed by atoms with van der Waals surface area (Å²) < 4.78 is 0. The van der Waals surface area contributed by atoms with Crippen molar-refractivity contribution < 1.29 is 0 Å². The molecule has 5 aromatic rings. The average Bonchev–Trinajstić information content (AvgIpc) is 3.78. The quantitative estimate of drug-likeness (QED) is 0.0966. The Morgan fingerprint density at radius 2 is 1.46 bits per heavy atom. The fourth-order valence-corrected chi connectivity index (χ4v) is 6.14. The van der Waals surface area contributed by atoms with Crippen LogP contribution in [0.15, 0.2) is 89.1 Å². The van der Waals surface area contributed by atoms with Crippen LogP contribution in [0.3, 0.4) is 0 Å². The molecular formula is C30H31N9S2. The van der Waals surface area contributed by atoms with Crippen molar-refractivity contribution >= 4 is 60.6 Å². The lowest BCUT2D eigenvalue weighted by atomic mass is 10.2. The monoisotopic (exact) mass is 581 g/mol. The van der Waals surface area contributed by atoms with Crippen molar-refractivity contribution in [3.8, 4) is 10.6 Å². The average molecular weight is 582 g/mol. The van der Waals surface area contributed by atoms with Crippen LogP contribution < -0.4 is 26.6 Å². The van der Waals surface area contributed by atoms with Gasteiger partial charge in [0.1, 0.15) is 10.0 Å². The molecule has 1 aliphatic heterocycles. The summed E-state index contributed by atoms with van der Waals surface area (Å²) in [4.78, 5) is 2.45. The molecule has 0 atom stereocenters. The number of aromatic nitrogens is 2. The molecule has 0 spiro atoms. The van der Waals surface area contributed by atoms with E-state index in [0.29, 0.717) is 5.13 Å². The molecule has 0 bridgehead atoms. The lowest BCUT2D eigenvalue weighted by Gasteiger charge is -2.15. The molecule has 6 rings (SSSR count). The lowest BCUT2D eigenvalue weighted by Crippen LogP contribution is -2.15. The number of hydrogen-bond donors (Lipinski definition) is 4. The Labute approximate surface area is 247 Å². The molecule has 208 valence electrons. The number of hydrogen-bond acceptors (Lipinski definition) is 11. The van der Waals surface area contributed by atoms with E-state index in [-0.39, 0.29) is 0 Å². The number of aryl methyl sites for hydroxylation is 2. The molecule has 1 fully saturated rings. The number of nitrogens with one attached hydrogen (secondary N) is 4. The van der Waals surface area contributed by atoms with Gasteiger partial charge in [-0.15, -0.1) is 20.4 Å². The fourth-order valence-electron chi connectivity index (χ4n) is 4.55. The summed E-state index contributed by atoms with van der Waals surface area (Å²) in [5.74, 6) is 0. The van der Waals surface area contributed by atoms with Crippen molar-refractivity contribution in [3.63, 3.8) is 0 Å². The van der Waals surface area contributed by atoms with Crippen LogP contribution in [-0.4, -0.2) is 23.3 Å². The Hall–Kier alpha value is -4.48.